The Bertz CT molecular complexity index is 674. The van der Waals surface area contributed by atoms with E-state index in [-0.39, 0.29) is 6.61 Å². The van der Waals surface area contributed by atoms with Crippen LogP contribution in [0, 0.1) is 0 Å². The van der Waals surface area contributed by atoms with Crippen LogP contribution in [0.25, 0.3) is 0 Å². The Morgan fingerprint density at radius 3 is 2.55 bits per heavy atom. The van der Waals surface area contributed by atoms with E-state index < -0.39 is 0 Å². The Labute approximate surface area is 139 Å². The van der Waals surface area contributed by atoms with Crippen LogP contribution in [0.5, 0.6) is 11.5 Å². The number of rotatable bonds is 6. The molecule has 0 aliphatic heterocycles. The van der Waals surface area contributed by atoms with Crippen LogP contribution >= 0.6 is 23.2 Å². The van der Waals surface area contributed by atoms with E-state index in [4.69, 9.17) is 37.5 Å². The van der Waals surface area contributed by atoms with Gasteiger partial charge in [0.2, 0.25) is 0 Å². The SMILES string of the molecule is COc1ccc(/C=N/OCc2ccc(Cl)cc2Cl)c(OC)c1. The molecule has 0 spiro atoms. The van der Waals surface area contributed by atoms with Crippen molar-refractivity contribution >= 4 is 29.4 Å². The molecular weight excluding hydrogens is 325 g/mol. The third-order valence-electron chi connectivity index (χ3n) is 2.94. The van der Waals surface area contributed by atoms with Crippen molar-refractivity contribution in [1.29, 1.82) is 0 Å². The van der Waals surface area contributed by atoms with Crippen LogP contribution in [-0.2, 0) is 11.4 Å². The van der Waals surface area contributed by atoms with Gasteiger partial charge in [0.15, 0.2) is 0 Å². The fraction of sp³-hybridized carbons (Fsp3) is 0.188. The molecule has 0 fully saturated rings. The maximum absolute atomic E-state index is 6.06. The lowest BCUT2D eigenvalue weighted by Crippen LogP contribution is -1.94. The fourth-order valence-electron chi connectivity index (χ4n) is 1.76. The summed E-state index contributed by atoms with van der Waals surface area (Å²) in [5.74, 6) is 1.36. The number of hydrogen-bond acceptors (Lipinski definition) is 4. The smallest absolute Gasteiger partial charge is 0.143 e. The van der Waals surface area contributed by atoms with E-state index in [1.807, 2.05) is 12.1 Å². The summed E-state index contributed by atoms with van der Waals surface area (Å²) in [4.78, 5) is 5.26. The molecule has 6 heteroatoms. The Balaban J connectivity index is 2.00. The van der Waals surface area contributed by atoms with E-state index in [0.717, 1.165) is 11.1 Å². The number of benzene rings is 2. The highest BCUT2D eigenvalue weighted by Crippen LogP contribution is 2.24. The lowest BCUT2D eigenvalue weighted by Gasteiger charge is -2.07. The van der Waals surface area contributed by atoms with Crippen LogP contribution in [0.4, 0.5) is 0 Å². The van der Waals surface area contributed by atoms with Gasteiger partial charge in [-0.1, -0.05) is 34.4 Å². The van der Waals surface area contributed by atoms with Gasteiger partial charge < -0.3 is 14.3 Å². The van der Waals surface area contributed by atoms with Gasteiger partial charge in [0.1, 0.15) is 18.1 Å². The van der Waals surface area contributed by atoms with E-state index in [2.05, 4.69) is 5.16 Å². The van der Waals surface area contributed by atoms with Crippen molar-refractivity contribution in [3.8, 4) is 11.5 Å². The summed E-state index contributed by atoms with van der Waals surface area (Å²) < 4.78 is 10.4. The number of hydrogen-bond donors (Lipinski definition) is 0. The van der Waals surface area contributed by atoms with Gasteiger partial charge in [0.05, 0.1) is 20.4 Å². The van der Waals surface area contributed by atoms with E-state index in [1.54, 1.807) is 44.7 Å². The molecule has 116 valence electrons. The van der Waals surface area contributed by atoms with Crippen LogP contribution in [0.15, 0.2) is 41.6 Å². The first-order chi connectivity index (χ1) is 10.6. The Morgan fingerprint density at radius 2 is 1.86 bits per heavy atom. The van der Waals surface area contributed by atoms with Crippen molar-refractivity contribution in [2.45, 2.75) is 6.61 Å². The molecule has 0 bridgehead atoms. The van der Waals surface area contributed by atoms with Crippen LogP contribution in [0.2, 0.25) is 10.0 Å². The zero-order valence-corrected chi connectivity index (χ0v) is 13.7. The molecule has 22 heavy (non-hydrogen) atoms. The topological polar surface area (TPSA) is 40.0 Å². The van der Waals surface area contributed by atoms with Crippen molar-refractivity contribution < 1.29 is 14.3 Å². The number of methoxy groups -OCH3 is 2. The van der Waals surface area contributed by atoms with Gasteiger partial charge in [-0.05, 0) is 24.3 Å². The van der Waals surface area contributed by atoms with Crippen LogP contribution < -0.4 is 9.47 Å². The molecule has 0 saturated heterocycles. The Morgan fingerprint density at radius 1 is 1.05 bits per heavy atom. The highest BCUT2D eigenvalue weighted by Gasteiger charge is 2.04. The summed E-state index contributed by atoms with van der Waals surface area (Å²) in [5, 5.41) is 5.06. The molecule has 2 aromatic rings. The van der Waals surface area contributed by atoms with Gasteiger partial charge in [-0.3, -0.25) is 0 Å². The normalized spacial score (nSPS) is 10.7. The van der Waals surface area contributed by atoms with E-state index in [0.29, 0.717) is 21.5 Å². The molecule has 0 saturated carbocycles. The standard InChI is InChI=1S/C16H15Cl2NO3/c1-20-14-6-4-11(16(8-14)21-2)9-19-22-10-12-3-5-13(17)7-15(12)18/h3-9H,10H2,1-2H3/b19-9+. The molecule has 0 radical (unpaired) electrons. The molecule has 0 aromatic heterocycles. The highest BCUT2D eigenvalue weighted by atomic mass is 35.5. The van der Waals surface area contributed by atoms with Crippen molar-refractivity contribution in [2.24, 2.45) is 5.16 Å². The average molecular weight is 340 g/mol. The quantitative estimate of drug-likeness (QED) is 0.572. The zero-order chi connectivity index (χ0) is 15.9. The van der Waals surface area contributed by atoms with E-state index in [1.165, 1.54) is 0 Å². The van der Waals surface area contributed by atoms with Gasteiger partial charge in [-0.2, -0.15) is 0 Å². The summed E-state index contributed by atoms with van der Waals surface area (Å²) in [6.45, 7) is 0.255. The van der Waals surface area contributed by atoms with Crippen LogP contribution in [0.3, 0.4) is 0 Å². The first kappa shape index (κ1) is 16.5. The fourth-order valence-corrected chi connectivity index (χ4v) is 2.23. The molecule has 4 nitrogen and oxygen atoms in total. The predicted octanol–water partition coefficient (Wildman–Crippen LogP) is 4.56. The monoisotopic (exact) mass is 339 g/mol. The number of ether oxygens (including phenoxy) is 2. The lowest BCUT2D eigenvalue weighted by atomic mass is 10.2. The first-order valence-electron chi connectivity index (χ1n) is 6.45. The minimum Gasteiger partial charge on any atom is -0.497 e. The molecule has 2 rings (SSSR count). The molecule has 0 atom stereocenters. The Hall–Kier alpha value is -1.91. The summed E-state index contributed by atoms with van der Waals surface area (Å²) >= 11 is 11.9. The zero-order valence-electron chi connectivity index (χ0n) is 12.2. The van der Waals surface area contributed by atoms with Gasteiger partial charge >= 0.3 is 0 Å². The van der Waals surface area contributed by atoms with E-state index >= 15 is 0 Å². The molecule has 2 aromatic carbocycles. The molecular formula is C16H15Cl2NO3. The number of halogens is 2. The molecule has 0 aliphatic rings. The maximum atomic E-state index is 6.06. The van der Waals surface area contributed by atoms with E-state index in [9.17, 15) is 0 Å². The average Bonchev–Trinajstić information content (AvgIpc) is 2.53. The largest absolute Gasteiger partial charge is 0.497 e. The van der Waals surface area contributed by atoms with Crippen molar-refractivity contribution in [3.63, 3.8) is 0 Å². The third-order valence-corrected chi connectivity index (χ3v) is 3.53. The second kappa shape index (κ2) is 7.92. The molecule has 0 unspecified atom stereocenters. The first-order valence-corrected chi connectivity index (χ1v) is 7.21. The van der Waals surface area contributed by atoms with Gasteiger partial charge in [-0.15, -0.1) is 0 Å². The number of nitrogens with zero attached hydrogens (tertiary/aromatic N) is 1. The maximum Gasteiger partial charge on any atom is 0.143 e. The summed E-state index contributed by atoms with van der Waals surface area (Å²) in [7, 11) is 3.18. The minimum atomic E-state index is 0.255. The lowest BCUT2D eigenvalue weighted by molar-refractivity contribution is 0.132. The minimum absolute atomic E-state index is 0.255. The predicted molar refractivity (Wildman–Crippen MR) is 88.4 cm³/mol. The van der Waals surface area contributed by atoms with Crippen LogP contribution in [0.1, 0.15) is 11.1 Å². The van der Waals surface area contributed by atoms with Crippen LogP contribution in [-0.4, -0.2) is 20.4 Å². The van der Waals surface area contributed by atoms with Crippen molar-refractivity contribution in [1.82, 2.24) is 0 Å². The summed E-state index contributed by atoms with van der Waals surface area (Å²) in [5.41, 5.74) is 1.59. The van der Waals surface area contributed by atoms with Crippen molar-refractivity contribution in [2.75, 3.05) is 14.2 Å². The molecule has 0 aliphatic carbocycles. The summed E-state index contributed by atoms with van der Waals surface area (Å²) in [6, 6.07) is 10.6. The number of oxime groups is 1. The molecule has 0 N–H and O–H groups in total. The molecule has 0 amide bonds. The van der Waals surface area contributed by atoms with Gasteiger partial charge in [0, 0.05) is 27.2 Å². The Kier molecular flexibility index (Phi) is 5.92. The third kappa shape index (κ3) is 4.29. The molecule has 0 heterocycles. The second-order valence-corrected chi connectivity index (χ2v) is 5.20. The summed E-state index contributed by atoms with van der Waals surface area (Å²) in [6.07, 6.45) is 1.57. The van der Waals surface area contributed by atoms with Gasteiger partial charge in [-0.25, -0.2) is 0 Å². The second-order valence-electron chi connectivity index (χ2n) is 4.35. The van der Waals surface area contributed by atoms with Crippen molar-refractivity contribution in [3.05, 3.63) is 57.6 Å². The highest BCUT2D eigenvalue weighted by molar-refractivity contribution is 6.35. The van der Waals surface area contributed by atoms with Gasteiger partial charge in [0.25, 0.3) is 0 Å².